The molecule has 1 saturated heterocycles. The molecular weight excluding hydrogens is 281 g/mol. The molecule has 2 rings (SSSR count). The number of alkyl halides is 3. The maximum absolute atomic E-state index is 12.5. The van der Waals surface area contributed by atoms with E-state index in [-0.39, 0.29) is 11.7 Å². The second kappa shape index (κ2) is 5.94. The SMILES string of the molecule is CC1(C)CN(Cc2ccc(C(F)(F)F)cc2)CC(CN)O1. The van der Waals surface area contributed by atoms with Gasteiger partial charge in [-0.25, -0.2) is 0 Å². The zero-order valence-corrected chi connectivity index (χ0v) is 12.3. The van der Waals surface area contributed by atoms with Gasteiger partial charge in [-0.1, -0.05) is 12.1 Å². The number of nitrogens with zero attached hydrogens (tertiary/aromatic N) is 1. The molecule has 1 heterocycles. The van der Waals surface area contributed by atoms with E-state index in [1.54, 1.807) is 0 Å². The summed E-state index contributed by atoms with van der Waals surface area (Å²) in [4.78, 5) is 2.17. The minimum absolute atomic E-state index is 0.0387. The van der Waals surface area contributed by atoms with Crippen LogP contribution in [-0.2, 0) is 17.5 Å². The molecule has 1 aromatic carbocycles. The van der Waals surface area contributed by atoms with Gasteiger partial charge in [-0.3, -0.25) is 4.90 Å². The van der Waals surface area contributed by atoms with Crippen molar-refractivity contribution in [3.63, 3.8) is 0 Å². The van der Waals surface area contributed by atoms with E-state index in [4.69, 9.17) is 10.5 Å². The lowest BCUT2D eigenvalue weighted by Gasteiger charge is -2.42. The summed E-state index contributed by atoms with van der Waals surface area (Å²) in [6.07, 6.45) is -4.33. The third-order valence-corrected chi connectivity index (χ3v) is 3.50. The minimum atomic E-state index is -4.29. The molecule has 0 aromatic heterocycles. The molecule has 0 amide bonds. The highest BCUT2D eigenvalue weighted by Gasteiger charge is 2.33. The van der Waals surface area contributed by atoms with Crippen molar-refractivity contribution in [2.45, 2.75) is 38.3 Å². The number of hydrogen-bond donors (Lipinski definition) is 1. The molecule has 1 aliphatic heterocycles. The van der Waals surface area contributed by atoms with Crippen molar-refractivity contribution in [1.82, 2.24) is 4.90 Å². The summed E-state index contributed by atoms with van der Waals surface area (Å²) in [7, 11) is 0. The summed E-state index contributed by atoms with van der Waals surface area (Å²) < 4.78 is 43.4. The van der Waals surface area contributed by atoms with Crippen molar-refractivity contribution >= 4 is 0 Å². The van der Waals surface area contributed by atoms with E-state index in [0.29, 0.717) is 19.6 Å². The Balaban J connectivity index is 2.04. The maximum Gasteiger partial charge on any atom is 0.416 e. The normalized spacial score (nSPS) is 23.2. The summed E-state index contributed by atoms with van der Waals surface area (Å²) in [6, 6.07) is 5.31. The van der Waals surface area contributed by atoms with Crippen LogP contribution in [0.5, 0.6) is 0 Å². The summed E-state index contributed by atoms with van der Waals surface area (Å²) in [5.74, 6) is 0. The van der Waals surface area contributed by atoms with Crippen LogP contribution in [-0.4, -0.2) is 36.2 Å². The first-order valence-electron chi connectivity index (χ1n) is 6.96. The Morgan fingerprint density at radius 1 is 1.29 bits per heavy atom. The van der Waals surface area contributed by atoms with Gasteiger partial charge < -0.3 is 10.5 Å². The second-order valence-corrected chi connectivity index (χ2v) is 6.10. The first-order valence-corrected chi connectivity index (χ1v) is 6.96. The standard InChI is InChI=1S/C15H21F3N2O/c1-14(2)10-20(9-13(7-19)21-14)8-11-3-5-12(6-4-11)15(16,17)18/h3-6,13H,7-10,19H2,1-2H3. The number of hydrogen-bond acceptors (Lipinski definition) is 3. The lowest BCUT2D eigenvalue weighted by Crippen LogP contribution is -2.54. The molecule has 2 N–H and O–H groups in total. The van der Waals surface area contributed by atoms with Crippen LogP contribution < -0.4 is 5.73 Å². The molecule has 0 bridgehead atoms. The van der Waals surface area contributed by atoms with Crippen LogP contribution >= 0.6 is 0 Å². The number of morpholine rings is 1. The minimum Gasteiger partial charge on any atom is -0.368 e. The van der Waals surface area contributed by atoms with Gasteiger partial charge in [-0.2, -0.15) is 13.2 Å². The van der Waals surface area contributed by atoms with Gasteiger partial charge in [0, 0.05) is 26.2 Å². The molecule has 0 spiro atoms. The molecule has 6 heteroatoms. The number of nitrogens with two attached hydrogens (primary N) is 1. The van der Waals surface area contributed by atoms with Crippen molar-refractivity contribution in [1.29, 1.82) is 0 Å². The van der Waals surface area contributed by atoms with Gasteiger partial charge >= 0.3 is 6.18 Å². The van der Waals surface area contributed by atoms with Crippen molar-refractivity contribution in [3.8, 4) is 0 Å². The van der Waals surface area contributed by atoms with Crippen molar-refractivity contribution in [2.24, 2.45) is 5.73 Å². The average molecular weight is 302 g/mol. The highest BCUT2D eigenvalue weighted by atomic mass is 19.4. The average Bonchev–Trinajstić information content (AvgIpc) is 2.36. The van der Waals surface area contributed by atoms with Crippen molar-refractivity contribution in [2.75, 3.05) is 19.6 Å². The van der Waals surface area contributed by atoms with Gasteiger partial charge in [0.25, 0.3) is 0 Å². The number of halogens is 3. The molecule has 0 radical (unpaired) electrons. The summed E-state index contributed by atoms with van der Waals surface area (Å²) in [5.41, 5.74) is 5.61. The van der Waals surface area contributed by atoms with E-state index >= 15 is 0 Å². The van der Waals surface area contributed by atoms with Gasteiger partial charge in [-0.15, -0.1) is 0 Å². The molecule has 1 atom stereocenters. The fourth-order valence-electron chi connectivity index (χ4n) is 2.72. The maximum atomic E-state index is 12.5. The number of benzene rings is 1. The largest absolute Gasteiger partial charge is 0.416 e. The van der Waals surface area contributed by atoms with Crippen molar-refractivity contribution < 1.29 is 17.9 Å². The molecule has 0 saturated carbocycles. The third-order valence-electron chi connectivity index (χ3n) is 3.50. The predicted molar refractivity (Wildman–Crippen MR) is 74.7 cm³/mol. The van der Waals surface area contributed by atoms with Crippen molar-refractivity contribution in [3.05, 3.63) is 35.4 Å². The Kier molecular flexibility index (Phi) is 4.60. The van der Waals surface area contributed by atoms with E-state index in [2.05, 4.69) is 4.90 Å². The summed E-state index contributed by atoms with van der Waals surface area (Å²) in [6.45, 7) is 6.45. The highest BCUT2D eigenvalue weighted by Crippen LogP contribution is 2.29. The fourth-order valence-corrected chi connectivity index (χ4v) is 2.72. The van der Waals surface area contributed by atoms with Gasteiger partial charge in [0.2, 0.25) is 0 Å². The van der Waals surface area contributed by atoms with Gasteiger partial charge in [-0.05, 0) is 31.5 Å². The van der Waals surface area contributed by atoms with Gasteiger partial charge in [0.1, 0.15) is 0 Å². The molecule has 1 aromatic rings. The topological polar surface area (TPSA) is 38.5 Å². The lowest BCUT2D eigenvalue weighted by atomic mass is 10.0. The first-order chi connectivity index (χ1) is 9.69. The lowest BCUT2D eigenvalue weighted by molar-refractivity contribution is -0.137. The van der Waals surface area contributed by atoms with Crippen LogP contribution in [0.4, 0.5) is 13.2 Å². The zero-order valence-electron chi connectivity index (χ0n) is 12.3. The van der Waals surface area contributed by atoms with E-state index in [1.165, 1.54) is 12.1 Å². The predicted octanol–water partition coefficient (Wildman–Crippen LogP) is 2.64. The third kappa shape index (κ3) is 4.43. The smallest absolute Gasteiger partial charge is 0.368 e. The van der Waals surface area contributed by atoms with Crippen LogP contribution in [0, 0.1) is 0 Å². The molecule has 1 aliphatic rings. The summed E-state index contributed by atoms with van der Waals surface area (Å²) >= 11 is 0. The summed E-state index contributed by atoms with van der Waals surface area (Å²) in [5, 5.41) is 0. The molecule has 1 fully saturated rings. The van der Waals surface area contributed by atoms with Crippen LogP contribution in [0.15, 0.2) is 24.3 Å². The van der Waals surface area contributed by atoms with E-state index in [1.807, 2.05) is 13.8 Å². The van der Waals surface area contributed by atoms with E-state index in [0.717, 1.165) is 24.2 Å². The molecule has 0 aliphatic carbocycles. The fraction of sp³-hybridized carbons (Fsp3) is 0.600. The zero-order chi connectivity index (χ0) is 15.7. The van der Waals surface area contributed by atoms with E-state index < -0.39 is 11.7 Å². The first kappa shape index (κ1) is 16.3. The van der Waals surface area contributed by atoms with Crippen LogP contribution in [0.2, 0.25) is 0 Å². The number of ether oxygens (including phenoxy) is 1. The molecule has 1 unspecified atom stereocenters. The Morgan fingerprint density at radius 3 is 2.43 bits per heavy atom. The highest BCUT2D eigenvalue weighted by molar-refractivity contribution is 5.24. The Morgan fingerprint density at radius 2 is 1.90 bits per heavy atom. The van der Waals surface area contributed by atoms with Crippen LogP contribution in [0.1, 0.15) is 25.0 Å². The Bertz CT molecular complexity index is 471. The molecule has 3 nitrogen and oxygen atoms in total. The van der Waals surface area contributed by atoms with Gasteiger partial charge in [0.15, 0.2) is 0 Å². The number of rotatable bonds is 3. The quantitative estimate of drug-likeness (QED) is 0.933. The second-order valence-electron chi connectivity index (χ2n) is 6.10. The van der Waals surface area contributed by atoms with Gasteiger partial charge in [0.05, 0.1) is 17.3 Å². The van der Waals surface area contributed by atoms with E-state index in [9.17, 15) is 13.2 Å². The van der Waals surface area contributed by atoms with Crippen LogP contribution in [0.25, 0.3) is 0 Å². The monoisotopic (exact) mass is 302 g/mol. The molecule has 118 valence electrons. The Hall–Kier alpha value is -1.11. The van der Waals surface area contributed by atoms with Crippen LogP contribution in [0.3, 0.4) is 0 Å². The molecule has 21 heavy (non-hydrogen) atoms. The Labute approximate surface area is 122 Å². The molecular formula is C15H21F3N2O.